The number of hydrogen-bond donors (Lipinski definition) is 3. The summed E-state index contributed by atoms with van der Waals surface area (Å²) in [4.78, 5) is 12.6. The molecule has 1 aromatic heterocycles. The maximum Gasteiger partial charge on any atom is 0.412 e. The Morgan fingerprint density at radius 2 is 2.18 bits per heavy atom. The van der Waals surface area contributed by atoms with Crippen molar-refractivity contribution in [2.45, 2.75) is 31.4 Å². The third-order valence-electron chi connectivity index (χ3n) is 4.85. The van der Waals surface area contributed by atoms with Gasteiger partial charge in [0.1, 0.15) is 11.9 Å². The first-order valence-electron chi connectivity index (χ1n) is 9.18. The van der Waals surface area contributed by atoms with E-state index in [2.05, 4.69) is 20.8 Å². The first-order chi connectivity index (χ1) is 13.6. The smallest absolute Gasteiger partial charge is 0.412 e. The van der Waals surface area contributed by atoms with Crippen LogP contribution in [0.25, 0.3) is 10.9 Å². The van der Waals surface area contributed by atoms with Gasteiger partial charge in [-0.05, 0) is 61.3 Å². The summed E-state index contributed by atoms with van der Waals surface area (Å²) in [5, 5.41) is 14.1. The van der Waals surface area contributed by atoms with E-state index in [-0.39, 0.29) is 11.1 Å². The zero-order valence-electron chi connectivity index (χ0n) is 15.0. The molecule has 0 spiro atoms. The summed E-state index contributed by atoms with van der Waals surface area (Å²) >= 11 is 6.02. The molecule has 4 rings (SSSR count). The van der Waals surface area contributed by atoms with Gasteiger partial charge in [0, 0.05) is 22.1 Å². The average molecular weight is 403 g/mol. The highest BCUT2D eigenvalue weighted by Crippen LogP contribution is 2.30. The summed E-state index contributed by atoms with van der Waals surface area (Å²) in [6, 6.07) is 9.50. The Balaban J connectivity index is 1.54. The minimum Gasteiger partial charge on any atom is -0.439 e. The minimum atomic E-state index is -0.647. The standard InChI is InChI=1S/C20H20ClFN4O2/c21-14-7-12(8-15(22)10-14)19(18-3-1-2-6-23-18)28-20(27)25-16-4-5-17-13(9-16)11-24-26-17/h4-5,7-11,18-19,23H,1-3,6H2,(H,24,26)(H,25,27)/t18-,19-/m0/s1. The number of ether oxygens (including phenoxy) is 1. The van der Waals surface area contributed by atoms with Gasteiger partial charge in [-0.25, -0.2) is 9.18 Å². The molecule has 146 valence electrons. The molecule has 0 unspecified atom stereocenters. The number of nitrogens with one attached hydrogen (secondary N) is 3. The van der Waals surface area contributed by atoms with E-state index in [1.54, 1.807) is 24.4 Å². The summed E-state index contributed by atoms with van der Waals surface area (Å²) in [5.74, 6) is -0.460. The molecule has 8 heteroatoms. The fourth-order valence-corrected chi connectivity index (χ4v) is 3.77. The van der Waals surface area contributed by atoms with Crippen LogP contribution in [0.15, 0.2) is 42.6 Å². The molecule has 28 heavy (non-hydrogen) atoms. The lowest BCUT2D eigenvalue weighted by atomic mass is 9.94. The van der Waals surface area contributed by atoms with Gasteiger partial charge in [0.15, 0.2) is 0 Å². The zero-order valence-corrected chi connectivity index (χ0v) is 15.8. The van der Waals surface area contributed by atoms with Crippen molar-refractivity contribution in [3.05, 3.63) is 59.0 Å². The van der Waals surface area contributed by atoms with Crippen LogP contribution in [0, 0.1) is 5.82 Å². The van der Waals surface area contributed by atoms with Crippen molar-refractivity contribution in [3.8, 4) is 0 Å². The topological polar surface area (TPSA) is 79.0 Å². The van der Waals surface area contributed by atoms with Gasteiger partial charge in [-0.1, -0.05) is 18.0 Å². The Labute approximate surface area is 166 Å². The molecule has 1 amide bonds. The number of hydrogen-bond acceptors (Lipinski definition) is 4. The number of aromatic amines is 1. The lowest BCUT2D eigenvalue weighted by molar-refractivity contribution is 0.0761. The SMILES string of the molecule is O=C(Nc1ccc2[nH]ncc2c1)O[C@@H](c1cc(F)cc(Cl)c1)[C@@H]1CCCCN1. The second-order valence-electron chi connectivity index (χ2n) is 6.88. The Morgan fingerprint density at radius 1 is 1.29 bits per heavy atom. The molecule has 0 saturated carbocycles. The normalized spacial score (nSPS) is 18.0. The van der Waals surface area contributed by atoms with Crippen molar-refractivity contribution >= 4 is 34.3 Å². The van der Waals surface area contributed by atoms with E-state index in [1.165, 1.54) is 12.1 Å². The van der Waals surface area contributed by atoms with Crippen molar-refractivity contribution in [3.63, 3.8) is 0 Å². The second kappa shape index (κ2) is 8.16. The molecule has 2 heterocycles. The number of benzene rings is 2. The third kappa shape index (κ3) is 4.26. The highest BCUT2D eigenvalue weighted by atomic mass is 35.5. The van der Waals surface area contributed by atoms with E-state index in [1.807, 2.05) is 6.07 Å². The van der Waals surface area contributed by atoms with Gasteiger partial charge in [-0.3, -0.25) is 10.4 Å². The molecule has 1 fully saturated rings. The molecule has 0 radical (unpaired) electrons. The van der Waals surface area contributed by atoms with Crippen LogP contribution in [0.1, 0.15) is 30.9 Å². The van der Waals surface area contributed by atoms with Gasteiger partial charge in [-0.2, -0.15) is 5.10 Å². The number of halogens is 2. The molecule has 3 N–H and O–H groups in total. The molecule has 2 aromatic carbocycles. The molecule has 1 aliphatic heterocycles. The number of amides is 1. The number of carbonyl (C=O) groups is 1. The maximum atomic E-state index is 13.9. The first-order valence-corrected chi connectivity index (χ1v) is 9.56. The van der Waals surface area contributed by atoms with Crippen LogP contribution in [0.4, 0.5) is 14.9 Å². The third-order valence-corrected chi connectivity index (χ3v) is 5.07. The molecule has 2 atom stereocenters. The fourth-order valence-electron chi connectivity index (χ4n) is 3.54. The number of nitrogens with zero attached hydrogens (tertiary/aromatic N) is 1. The first kappa shape index (κ1) is 18.7. The summed E-state index contributed by atoms with van der Waals surface area (Å²) in [6.07, 6.45) is 3.32. The van der Waals surface area contributed by atoms with Gasteiger partial charge in [0.05, 0.1) is 11.7 Å². The predicted molar refractivity (Wildman–Crippen MR) is 106 cm³/mol. The summed E-state index contributed by atoms with van der Waals surface area (Å²) in [7, 11) is 0. The molecule has 6 nitrogen and oxygen atoms in total. The summed E-state index contributed by atoms with van der Waals surface area (Å²) in [5.41, 5.74) is 1.99. The second-order valence-corrected chi connectivity index (χ2v) is 7.32. The van der Waals surface area contributed by atoms with E-state index in [0.717, 1.165) is 36.7 Å². The Bertz CT molecular complexity index is 967. The molecule has 1 aliphatic rings. The van der Waals surface area contributed by atoms with Crippen LogP contribution in [-0.2, 0) is 4.74 Å². The van der Waals surface area contributed by atoms with Crippen LogP contribution in [0.3, 0.4) is 0 Å². The van der Waals surface area contributed by atoms with Crippen molar-refractivity contribution in [1.82, 2.24) is 15.5 Å². The number of piperidine rings is 1. The molecular weight excluding hydrogens is 383 g/mol. The van der Waals surface area contributed by atoms with Crippen LogP contribution in [-0.4, -0.2) is 28.9 Å². The van der Waals surface area contributed by atoms with Gasteiger partial charge in [0.25, 0.3) is 0 Å². The van der Waals surface area contributed by atoms with Crippen molar-refractivity contribution in [2.75, 3.05) is 11.9 Å². The van der Waals surface area contributed by atoms with E-state index in [0.29, 0.717) is 11.3 Å². The summed E-state index contributed by atoms with van der Waals surface area (Å²) < 4.78 is 19.6. The number of rotatable bonds is 4. The van der Waals surface area contributed by atoms with Gasteiger partial charge < -0.3 is 10.1 Å². The van der Waals surface area contributed by atoms with Crippen molar-refractivity contribution in [2.24, 2.45) is 0 Å². The highest BCUT2D eigenvalue weighted by molar-refractivity contribution is 6.30. The lowest BCUT2D eigenvalue weighted by Crippen LogP contribution is -2.41. The number of anilines is 1. The Kier molecular flexibility index (Phi) is 5.45. The zero-order chi connectivity index (χ0) is 19.5. The van der Waals surface area contributed by atoms with Gasteiger partial charge in [0.2, 0.25) is 0 Å². The number of aromatic nitrogens is 2. The average Bonchev–Trinajstić information content (AvgIpc) is 3.14. The quantitative estimate of drug-likeness (QED) is 0.586. The van der Waals surface area contributed by atoms with Crippen molar-refractivity contribution in [1.29, 1.82) is 0 Å². The maximum absolute atomic E-state index is 13.9. The molecule has 3 aromatic rings. The minimum absolute atomic E-state index is 0.103. The van der Waals surface area contributed by atoms with E-state index >= 15 is 0 Å². The number of H-pyrrole nitrogens is 1. The summed E-state index contributed by atoms with van der Waals surface area (Å²) in [6.45, 7) is 0.826. The van der Waals surface area contributed by atoms with Crippen LogP contribution in [0.2, 0.25) is 5.02 Å². The Morgan fingerprint density at radius 3 is 2.96 bits per heavy atom. The van der Waals surface area contributed by atoms with Crippen LogP contribution < -0.4 is 10.6 Å². The van der Waals surface area contributed by atoms with Gasteiger partial charge in [-0.15, -0.1) is 0 Å². The lowest BCUT2D eigenvalue weighted by Gasteiger charge is -2.31. The van der Waals surface area contributed by atoms with Crippen LogP contribution >= 0.6 is 11.6 Å². The Hall–Kier alpha value is -2.64. The van der Waals surface area contributed by atoms with E-state index in [9.17, 15) is 9.18 Å². The van der Waals surface area contributed by atoms with Crippen molar-refractivity contribution < 1.29 is 13.9 Å². The fraction of sp³-hybridized carbons (Fsp3) is 0.300. The van der Waals surface area contributed by atoms with Crippen LogP contribution in [0.5, 0.6) is 0 Å². The number of fused-ring (bicyclic) bond motifs is 1. The monoisotopic (exact) mass is 402 g/mol. The van der Waals surface area contributed by atoms with Gasteiger partial charge >= 0.3 is 6.09 Å². The molecule has 0 aliphatic carbocycles. The van der Waals surface area contributed by atoms with E-state index < -0.39 is 18.0 Å². The predicted octanol–water partition coefficient (Wildman–Crippen LogP) is 4.79. The molecule has 0 bridgehead atoms. The molecular formula is C20H20ClFN4O2. The van der Waals surface area contributed by atoms with E-state index in [4.69, 9.17) is 16.3 Å². The molecule has 1 saturated heterocycles. The number of carbonyl (C=O) groups excluding carboxylic acids is 1. The highest BCUT2D eigenvalue weighted by Gasteiger charge is 2.29. The largest absolute Gasteiger partial charge is 0.439 e.